The van der Waals surface area contributed by atoms with Crippen molar-refractivity contribution in [3.05, 3.63) is 87.1 Å². The summed E-state index contributed by atoms with van der Waals surface area (Å²) in [5.74, 6) is -1.33. The molecule has 2 aromatic heterocycles. The number of halogens is 5. The number of hydrogen-bond acceptors (Lipinski definition) is 6. The predicted octanol–water partition coefficient (Wildman–Crippen LogP) is 5.80. The van der Waals surface area contributed by atoms with Gasteiger partial charge in [0.2, 0.25) is 5.91 Å². The van der Waals surface area contributed by atoms with Crippen molar-refractivity contribution >= 4 is 52.2 Å². The summed E-state index contributed by atoms with van der Waals surface area (Å²) in [4.78, 5) is 25.4. The lowest BCUT2D eigenvalue weighted by Gasteiger charge is -2.12. The Bertz CT molecular complexity index is 1410. The standard InChI is InChI=1S/C23H16ClF4N5O2S2/c24-16-8-3-13(23(26,27)28)10-17(16)30-20(34)12-37-22-32-31-19(11-29-21(35)18-2-1-9-36-18)33(22)15-6-4-14(25)5-7-15/h1-10H,11-12H2,(H,29,35)(H,30,34). The third-order valence-electron chi connectivity index (χ3n) is 4.84. The van der Waals surface area contributed by atoms with Crippen molar-refractivity contribution < 1.29 is 27.2 Å². The van der Waals surface area contributed by atoms with Crippen molar-refractivity contribution in [1.29, 1.82) is 0 Å². The number of carbonyl (C=O) groups excluding carboxylic acids is 2. The van der Waals surface area contributed by atoms with Crippen molar-refractivity contribution in [2.24, 2.45) is 0 Å². The number of hydrogen-bond donors (Lipinski definition) is 2. The maximum Gasteiger partial charge on any atom is 0.416 e. The number of rotatable bonds is 8. The summed E-state index contributed by atoms with van der Waals surface area (Å²) < 4.78 is 54.1. The highest BCUT2D eigenvalue weighted by Crippen LogP contribution is 2.34. The third-order valence-corrected chi connectivity index (χ3v) is 6.96. The van der Waals surface area contributed by atoms with E-state index in [1.165, 1.54) is 35.6 Å². The largest absolute Gasteiger partial charge is 0.416 e. The molecule has 37 heavy (non-hydrogen) atoms. The van der Waals surface area contributed by atoms with Crippen LogP contribution in [0.5, 0.6) is 0 Å². The highest BCUT2D eigenvalue weighted by molar-refractivity contribution is 7.99. The van der Waals surface area contributed by atoms with Gasteiger partial charge in [0, 0.05) is 5.69 Å². The minimum Gasteiger partial charge on any atom is -0.344 e. The smallest absolute Gasteiger partial charge is 0.344 e. The van der Waals surface area contributed by atoms with Crippen LogP contribution in [-0.2, 0) is 17.5 Å². The highest BCUT2D eigenvalue weighted by Gasteiger charge is 2.31. The van der Waals surface area contributed by atoms with Crippen molar-refractivity contribution in [2.75, 3.05) is 11.1 Å². The Morgan fingerprint density at radius 3 is 2.51 bits per heavy atom. The van der Waals surface area contributed by atoms with E-state index in [9.17, 15) is 27.2 Å². The van der Waals surface area contributed by atoms with Crippen LogP contribution in [0.2, 0.25) is 5.02 Å². The van der Waals surface area contributed by atoms with E-state index in [2.05, 4.69) is 20.8 Å². The first-order valence-corrected chi connectivity index (χ1v) is 12.7. The van der Waals surface area contributed by atoms with Crippen LogP contribution in [-0.4, -0.2) is 32.3 Å². The zero-order valence-corrected chi connectivity index (χ0v) is 20.9. The van der Waals surface area contributed by atoms with Gasteiger partial charge in [0.15, 0.2) is 11.0 Å². The minimum atomic E-state index is -4.60. The average Bonchev–Trinajstić information content (AvgIpc) is 3.53. The molecular formula is C23H16ClF4N5O2S2. The molecule has 0 radical (unpaired) electrons. The van der Waals surface area contributed by atoms with E-state index in [-0.39, 0.29) is 34.1 Å². The molecule has 4 aromatic rings. The lowest BCUT2D eigenvalue weighted by molar-refractivity contribution is -0.137. The molecule has 192 valence electrons. The van der Waals surface area contributed by atoms with Crippen LogP contribution in [0.4, 0.5) is 23.2 Å². The molecule has 0 saturated heterocycles. The molecule has 2 N–H and O–H groups in total. The summed E-state index contributed by atoms with van der Waals surface area (Å²) in [5.41, 5.74) is -0.653. The van der Waals surface area contributed by atoms with E-state index < -0.39 is 23.5 Å². The fourth-order valence-electron chi connectivity index (χ4n) is 3.13. The minimum absolute atomic E-state index is 0.00624. The highest BCUT2D eigenvalue weighted by atomic mass is 35.5. The van der Waals surface area contributed by atoms with Crippen molar-refractivity contribution in [2.45, 2.75) is 17.9 Å². The average molecular weight is 570 g/mol. The Morgan fingerprint density at radius 2 is 1.84 bits per heavy atom. The van der Waals surface area contributed by atoms with Crippen LogP contribution < -0.4 is 10.6 Å². The Balaban J connectivity index is 1.50. The summed E-state index contributed by atoms with van der Waals surface area (Å²) in [6.07, 6.45) is -4.60. The van der Waals surface area contributed by atoms with E-state index in [1.54, 1.807) is 22.1 Å². The molecule has 0 saturated carbocycles. The lowest BCUT2D eigenvalue weighted by Crippen LogP contribution is -2.24. The van der Waals surface area contributed by atoms with Gasteiger partial charge in [-0.25, -0.2) is 4.39 Å². The van der Waals surface area contributed by atoms with Crippen molar-refractivity contribution in [3.8, 4) is 5.69 Å². The van der Waals surface area contributed by atoms with Gasteiger partial charge >= 0.3 is 6.18 Å². The molecule has 2 aromatic carbocycles. The first-order valence-electron chi connectivity index (χ1n) is 10.4. The van der Waals surface area contributed by atoms with Crippen molar-refractivity contribution in [3.63, 3.8) is 0 Å². The quantitative estimate of drug-likeness (QED) is 0.207. The number of benzene rings is 2. The van der Waals surface area contributed by atoms with Crippen LogP contribution in [0.15, 0.2) is 65.1 Å². The van der Waals surface area contributed by atoms with E-state index in [0.29, 0.717) is 16.4 Å². The SMILES string of the molecule is O=C(CSc1nnc(CNC(=O)c2cccs2)n1-c1ccc(F)cc1)Nc1cc(C(F)(F)F)ccc1Cl. The van der Waals surface area contributed by atoms with E-state index in [0.717, 1.165) is 30.0 Å². The number of thioether (sulfide) groups is 1. The summed E-state index contributed by atoms with van der Waals surface area (Å²) in [5, 5.41) is 15.2. The lowest BCUT2D eigenvalue weighted by atomic mass is 10.2. The van der Waals surface area contributed by atoms with Gasteiger partial charge in [-0.3, -0.25) is 14.2 Å². The Kier molecular flexibility index (Phi) is 8.15. The molecular weight excluding hydrogens is 554 g/mol. The first-order chi connectivity index (χ1) is 17.6. The van der Waals surface area contributed by atoms with Gasteiger partial charge in [-0.15, -0.1) is 21.5 Å². The molecule has 0 aliphatic heterocycles. The second-order valence-corrected chi connectivity index (χ2v) is 9.70. The molecule has 7 nitrogen and oxygen atoms in total. The number of carbonyl (C=O) groups is 2. The van der Waals surface area contributed by atoms with Gasteiger partial charge in [-0.1, -0.05) is 29.4 Å². The molecule has 0 atom stereocenters. The number of nitrogens with one attached hydrogen (secondary N) is 2. The van der Waals surface area contributed by atoms with Gasteiger partial charge in [0.25, 0.3) is 5.91 Å². The van der Waals surface area contributed by atoms with Crippen molar-refractivity contribution in [1.82, 2.24) is 20.1 Å². The molecule has 0 aliphatic carbocycles. The van der Waals surface area contributed by atoms with Gasteiger partial charge in [0.1, 0.15) is 5.82 Å². The van der Waals surface area contributed by atoms with Crippen LogP contribution >= 0.6 is 34.7 Å². The number of nitrogens with zero attached hydrogens (tertiary/aromatic N) is 3. The van der Waals surface area contributed by atoms with E-state index >= 15 is 0 Å². The molecule has 4 rings (SSSR count). The topological polar surface area (TPSA) is 88.9 Å². The Morgan fingerprint density at radius 1 is 1.08 bits per heavy atom. The predicted molar refractivity (Wildman–Crippen MR) is 133 cm³/mol. The maximum atomic E-state index is 13.5. The second-order valence-electron chi connectivity index (χ2n) is 7.40. The Hall–Kier alpha value is -3.42. The van der Waals surface area contributed by atoms with Crippen LogP contribution in [0.3, 0.4) is 0 Å². The fourth-order valence-corrected chi connectivity index (χ4v) is 4.70. The third kappa shape index (κ3) is 6.67. The normalized spacial score (nSPS) is 11.4. The van der Waals surface area contributed by atoms with Crippen LogP contribution in [0.25, 0.3) is 5.69 Å². The molecule has 14 heteroatoms. The molecule has 0 spiro atoms. The number of amides is 2. The van der Waals surface area contributed by atoms with Gasteiger partial charge < -0.3 is 10.6 Å². The fraction of sp³-hybridized carbons (Fsp3) is 0.130. The van der Waals surface area contributed by atoms with Crippen LogP contribution in [0, 0.1) is 5.82 Å². The summed E-state index contributed by atoms with van der Waals surface area (Å²) >= 11 is 8.17. The molecule has 2 amide bonds. The zero-order chi connectivity index (χ0) is 26.6. The van der Waals surface area contributed by atoms with Gasteiger partial charge in [0.05, 0.1) is 33.4 Å². The molecule has 0 bridgehead atoms. The molecule has 2 heterocycles. The second kappa shape index (κ2) is 11.3. The van der Waals surface area contributed by atoms with Gasteiger partial charge in [-0.2, -0.15) is 13.2 Å². The van der Waals surface area contributed by atoms with E-state index in [1.807, 2.05) is 0 Å². The number of aromatic nitrogens is 3. The number of thiophene rings is 1. The monoisotopic (exact) mass is 569 g/mol. The zero-order valence-electron chi connectivity index (χ0n) is 18.6. The first kappa shape index (κ1) is 26.6. The van der Waals surface area contributed by atoms with Crippen LogP contribution in [0.1, 0.15) is 21.1 Å². The molecule has 0 unspecified atom stereocenters. The molecule has 0 fully saturated rings. The van der Waals surface area contributed by atoms with E-state index in [4.69, 9.17) is 11.6 Å². The molecule has 0 aliphatic rings. The summed E-state index contributed by atoms with van der Waals surface area (Å²) in [7, 11) is 0. The summed E-state index contributed by atoms with van der Waals surface area (Å²) in [6, 6.07) is 11.5. The Labute approximate surface area is 220 Å². The number of anilines is 1. The van der Waals surface area contributed by atoms with Gasteiger partial charge in [-0.05, 0) is 53.9 Å². The summed E-state index contributed by atoms with van der Waals surface area (Å²) in [6.45, 7) is -0.00624. The maximum absolute atomic E-state index is 13.5. The number of alkyl halides is 3.